The van der Waals surface area contributed by atoms with Gasteiger partial charge in [0, 0.05) is 20.0 Å². The first-order chi connectivity index (χ1) is 9.61. The first kappa shape index (κ1) is 16.9. The van der Waals surface area contributed by atoms with E-state index in [0.717, 1.165) is 25.6 Å². The summed E-state index contributed by atoms with van der Waals surface area (Å²) in [7, 11) is 1.99. The van der Waals surface area contributed by atoms with Crippen LogP contribution in [0.4, 0.5) is 0 Å². The minimum atomic E-state index is -0.0668. The Bertz CT molecular complexity index is 302. The average Bonchev–Trinajstić information content (AvgIpc) is 2.43. The molecule has 0 aliphatic carbocycles. The number of nitrogens with one attached hydrogen (secondary N) is 3. The van der Waals surface area contributed by atoms with Gasteiger partial charge in [0.1, 0.15) is 0 Å². The molecule has 1 aliphatic heterocycles. The van der Waals surface area contributed by atoms with Gasteiger partial charge in [0.2, 0.25) is 11.8 Å². The largest absolute Gasteiger partial charge is 0.355 e. The van der Waals surface area contributed by atoms with E-state index in [1.807, 2.05) is 7.05 Å². The van der Waals surface area contributed by atoms with E-state index >= 15 is 0 Å². The molecule has 0 aromatic heterocycles. The van der Waals surface area contributed by atoms with Gasteiger partial charge < -0.3 is 16.0 Å². The molecule has 6 nitrogen and oxygen atoms in total. The van der Waals surface area contributed by atoms with E-state index in [4.69, 9.17) is 0 Å². The predicted octanol–water partition coefficient (Wildman–Crippen LogP) is -0.440. The third kappa shape index (κ3) is 7.45. The number of amides is 2. The second kappa shape index (κ2) is 9.72. The lowest BCUT2D eigenvalue weighted by molar-refractivity contribution is -0.123. The van der Waals surface area contributed by atoms with Crippen molar-refractivity contribution in [1.29, 1.82) is 0 Å². The number of carbonyl (C=O) groups excluding carboxylic acids is 2. The van der Waals surface area contributed by atoms with Gasteiger partial charge in [0.25, 0.3) is 0 Å². The number of hydrogen-bond acceptors (Lipinski definition) is 4. The van der Waals surface area contributed by atoms with Gasteiger partial charge in [-0.2, -0.15) is 0 Å². The maximum absolute atomic E-state index is 11.7. The van der Waals surface area contributed by atoms with Crippen LogP contribution in [0.2, 0.25) is 0 Å². The molecule has 1 aliphatic rings. The monoisotopic (exact) mass is 284 g/mol. The van der Waals surface area contributed by atoms with Gasteiger partial charge in [-0.3, -0.25) is 14.5 Å². The van der Waals surface area contributed by atoms with Crippen LogP contribution in [0.25, 0.3) is 0 Å². The summed E-state index contributed by atoms with van der Waals surface area (Å²) < 4.78 is 0. The van der Waals surface area contributed by atoms with Crippen LogP contribution in [0, 0.1) is 5.92 Å². The van der Waals surface area contributed by atoms with Crippen LogP contribution in [0.1, 0.15) is 26.2 Å². The zero-order chi connectivity index (χ0) is 14.8. The van der Waals surface area contributed by atoms with Crippen molar-refractivity contribution in [2.75, 3.05) is 46.3 Å². The van der Waals surface area contributed by atoms with Gasteiger partial charge in [-0.05, 0) is 51.9 Å². The fourth-order valence-electron chi connectivity index (χ4n) is 2.48. The minimum absolute atomic E-state index is 0.0454. The standard InChI is InChI=1S/C14H28N4O2/c1-12(19)16-7-8-17-14(20)11-18-9-4-13(5-10-18)3-6-15-2/h13,15H,3-11H2,1-2H3,(H,16,19)(H,17,20). The average molecular weight is 284 g/mol. The lowest BCUT2D eigenvalue weighted by atomic mass is 9.93. The Morgan fingerprint density at radius 3 is 2.35 bits per heavy atom. The number of piperidine rings is 1. The summed E-state index contributed by atoms with van der Waals surface area (Å²) >= 11 is 0. The van der Waals surface area contributed by atoms with Crippen molar-refractivity contribution in [3.05, 3.63) is 0 Å². The zero-order valence-corrected chi connectivity index (χ0v) is 12.7. The summed E-state index contributed by atoms with van der Waals surface area (Å²) in [5.74, 6) is 0.772. The van der Waals surface area contributed by atoms with Gasteiger partial charge in [0.15, 0.2) is 0 Å². The SMILES string of the molecule is CNCCC1CCN(CC(=O)NCCNC(C)=O)CC1. The molecule has 6 heteroatoms. The molecule has 0 aromatic carbocycles. The van der Waals surface area contributed by atoms with E-state index in [-0.39, 0.29) is 11.8 Å². The summed E-state index contributed by atoms with van der Waals surface area (Å²) in [4.78, 5) is 24.6. The van der Waals surface area contributed by atoms with E-state index in [1.165, 1.54) is 26.2 Å². The first-order valence-corrected chi connectivity index (χ1v) is 7.50. The molecule has 0 bridgehead atoms. The van der Waals surface area contributed by atoms with Gasteiger partial charge in [0.05, 0.1) is 6.54 Å². The molecule has 1 saturated heterocycles. The topological polar surface area (TPSA) is 73.5 Å². The smallest absolute Gasteiger partial charge is 0.234 e. The van der Waals surface area contributed by atoms with E-state index in [1.54, 1.807) is 0 Å². The Balaban J connectivity index is 2.07. The summed E-state index contributed by atoms with van der Waals surface area (Å²) in [6, 6.07) is 0. The van der Waals surface area contributed by atoms with Gasteiger partial charge >= 0.3 is 0 Å². The molecule has 1 rings (SSSR count). The lowest BCUT2D eigenvalue weighted by Crippen LogP contribution is -2.43. The second-order valence-corrected chi connectivity index (χ2v) is 5.44. The van der Waals surface area contributed by atoms with E-state index < -0.39 is 0 Å². The molecule has 20 heavy (non-hydrogen) atoms. The summed E-state index contributed by atoms with van der Waals surface area (Å²) in [5, 5.41) is 8.67. The van der Waals surface area contributed by atoms with Crippen LogP contribution >= 0.6 is 0 Å². The van der Waals surface area contributed by atoms with E-state index in [0.29, 0.717) is 19.6 Å². The molecule has 116 valence electrons. The van der Waals surface area contributed by atoms with Crippen molar-refractivity contribution in [2.24, 2.45) is 5.92 Å². The van der Waals surface area contributed by atoms with Crippen LogP contribution in [0.3, 0.4) is 0 Å². The maximum Gasteiger partial charge on any atom is 0.234 e. The molecule has 0 aromatic rings. The number of carbonyl (C=O) groups is 2. The van der Waals surface area contributed by atoms with Crippen molar-refractivity contribution in [1.82, 2.24) is 20.9 Å². The van der Waals surface area contributed by atoms with Crippen LogP contribution in [0.5, 0.6) is 0 Å². The molecule has 1 heterocycles. The van der Waals surface area contributed by atoms with Crippen molar-refractivity contribution in [3.63, 3.8) is 0 Å². The molecule has 2 amide bonds. The van der Waals surface area contributed by atoms with Gasteiger partial charge in [-0.1, -0.05) is 0 Å². The molecule has 0 spiro atoms. The third-order valence-electron chi connectivity index (χ3n) is 3.70. The van der Waals surface area contributed by atoms with Crippen LogP contribution in [0.15, 0.2) is 0 Å². The molecular weight excluding hydrogens is 256 g/mol. The van der Waals surface area contributed by atoms with E-state index in [9.17, 15) is 9.59 Å². The predicted molar refractivity (Wildman–Crippen MR) is 79.4 cm³/mol. The van der Waals surface area contributed by atoms with Crippen LogP contribution in [-0.2, 0) is 9.59 Å². The lowest BCUT2D eigenvalue weighted by Gasteiger charge is -2.31. The second-order valence-electron chi connectivity index (χ2n) is 5.44. The summed E-state index contributed by atoms with van der Waals surface area (Å²) in [6.07, 6.45) is 3.59. The Labute approximate surface area is 121 Å². The number of hydrogen-bond donors (Lipinski definition) is 3. The third-order valence-corrected chi connectivity index (χ3v) is 3.70. The first-order valence-electron chi connectivity index (χ1n) is 7.50. The highest BCUT2D eigenvalue weighted by Crippen LogP contribution is 2.19. The normalized spacial score (nSPS) is 16.9. The summed E-state index contributed by atoms with van der Waals surface area (Å²) in [5.41, 5.74) is 0. The van der Waals surface area contributed by atoms with Crippen LogP contribution in [-0.4, -0.2) is 63.0 Å². The molecule has 0 unspecified atom stereocenters. The molecule has 1 fully saturated rings. The van der Waals surface area contributed by atoms with Crippen molar-refractivity contribution < 1.29 is 9.59 Å². The highest BCUT2D eigenvalue weighted by atomic mass is 16.2. The highest BCUT2D eigenvalue weighted by Gasteiger charge is 2.20. The van der Waals surface area contributed by atoms with E-state index in [2.05, 4.69) is 20.9 Å². The van der Waals surface area contributed by atoms with Crippen molar-refractivity contribution in [2.45, 2.75) is 26.2 Å². The van der Waals surface area contributed by atoms with Crippen molar-refractivity contribution in [3.8, 4) is 0 Å². The number of nitrogens with zero attached hydrogens (tertiary/aromatic N) is 1. The quantitative estimate of drug-likeness (QED) is 0.528. The minimum Gasteiger partial charge on any atom is -0.355 e. The fourth-order valence-corrected chi connectivity index (χ4v) is 2.48. The molecule has 0 atom stereocenters. The van der Waals surface area contributed by atoms with Crippen LogP contribution < -0.4 is 16.0 Å². The maximum atomic E-state index is 11.7. The fraction of sp³-hybridized carbons (Fsp3) is 0.857. The Morgan fingerprint density at radius 1 is 1.10 bits per heavy atom. The molecule has 0 saturated carbocycles. The van der Waals surface area contributed by atoms with Gasteiger partial charge in [-0.15, -0.1) is 0 Å². The highest BCUT2D eigenvalue weighted by molar-refractivity contribution is 5.78. The van der Waals surface area contributed by atoms with Gasteiger partial charge in [-0.25, -0.2) is 0 Å². The Morgan fingerprint density at radius 2 is 1.75 bits per heavy atom. The number of rotatable bonds is 8. The zero-order valence-electron chi connectivity index (χ0n) is 12.7. The Hall–Kier alpha value is -1.14. The summed E-state index contributed by atoms with van der Waals surface area (Å²) in [6.45, 7) is 6.03. The molecular formula is C14H28N4O2. The van der Waals surface area contributed by atoms with Crippen molar-refractivity contribution >= 4 is 11.8 Å². The molecule has 0 radical (unpaired) electrons. The Kier molecular flexibility index (Phi) is 8.22. The number of likely N-dealkylation sites (tertiary alicyclic amines) is 1. The molecule has 3 N–H and O–H groups in total.